The summed E-state index contributed by atoms with van der Waals surface area (Å²) in [6.45, 7) is 3.15. The number of hydrogen-bond donors (Lipinski definition) is 0. The maximum absolute atomic E-state index is 9.81. The largest absolute Gasteiger partial charge is 0.489 e. The van der Waals surface area contributed by atoms with Crippen LogP contribution in [0.2, 0.25) is 5.02 Å². The number of aliphatic imine (C=N–C) groups is 1. The Kier molecular flexibility index (Phi) is 7.25. The fourth-order valence-corrected chi connectivity index (χ4v) is 5.56. The Bertz CT molecular complexity index is 1370. The third-order valence-electron chi connectivity index (χ3n) is 6.04. The smallest absolute Gasteiger partial charge is 0.134 e. The highest BCUT2D eigenvalue weighted by Gasteiger charge is 2.24. The lowest BCUT2D eigenvalue weighted by Crippen LogP contribution is -2.29. The predicted octanol–water partition coefficient (Wildman–Crippen LogP) is 7.16. The van der Waals surface area contributed by atoms with Crippen molar-refractivity contribution in [2.45, 2.75) is 26.1 Å². The van der Waals surface area contributed by atoms with Gasteiger partial charge in [0.15, 0.2) is 0 Å². The first-order valence-corrected chi connectivity index (χ1v) is 12.7. The number of hydrogen-bond acceptors (Lipinski definition) is 5. The Hall–Kier alpha value is -3.43. The van der Waals surface area contributed by atoms with Gasteiger partial charge >= 0.3 is 0 Å². The fraction of sp³-hybridized carbons (Fsp3) is 0.172. The molecule has 0 saturated carbocycles. The minimum Gasteiger partial charge on any atom is -0.489 e. The monoisotopic (exact) mass is 497 g/mol. The van der Waals surface area contributed by atoms with Gasteiger partial charge in [-0.15, -0.1) is 11.3 Å². The Labute approximate surface area is 214 Å². The fourth-order valence-electron chi connectivity index (χ4n) is 4.18. The molecule has 0 atom stereocenters. The second-order valence-electron chi connectivity index (χ2n) is 8.45. The van der Waals surface area contributed by atoms with E-state index >= 15 is 0 Å². The van der Waals surface area contributed by atoms with Crippen LogP contribution in [0.25, 0.3) is 0 Å². The van der Waals surface area contributed by atoms with Crippen molar-refractivity contribution in [3.8, 4) is 11.8 Å². The van der Waals surface area contributed by atoms with Gasteiger partial charge in [-0.25, -0.2) is 4.99 Å². The van der Waals surface area contributed by atoms with E-state index in [1.807, 2.05) is 60.8 Å². The summed E-state index contributed by atoms with van der Waals surface area (Å²) in [6.07, 6.45) is 2.70. The van der Waals surface area contributed by atoms with Gasteiger partial charge in [0.05, 0.1) is 5.56 Å². The highest BCUT2D eigenvalue weighted by molar-refractivity contribution is 7.16. The van der Waals surface area contributed by atoms with Gasteiger partial charge in [0.2, 0.25) is 0 Å². The molecule has 3 aromatic carbocycles. The van der Waals surface area contributed by atoms with Gasteiger partial charge in [-0.2, -0.15) is 5.26 Å². The van der Waals surface area contributed by atoms with Crippen LogP contribution < -0.4 is 4.74 Å². The van der Waals surface area contributed by atoms with E-state index in [4.69, 9.17) is 21.3 Å². The first-order valence-electron chi connectivity index (χ1n) is 11.5. The lowest BCUT2D eigenvalue weighted by molar-refractivity contribution is 0.249. The normalized spacial score (nSPS) is 13.5. The standard InChI is InChI=1S/C29H24ClN3OS/c30-27-9-5-4-8-23(27)20-34-24-12-10-21(11-13-24)17-32-29-26(16-31)25-14-15-33(19-28(25)35-29)18-22-6-2-1-3-7-22/h1-13,17H,14-15,18-20H2. The van der Waals surface area contributed by atoms with Gasteiger partial charge in [0.1, 0.15) is 23.4 Å². The Balaban J connectivity index is 1.25. The summed E-state index contributed by atoms with van der Waals surface area (Å²) in [4.78, 5) is 8.37. The van der Waals surface area contributed by atoms with Gasteiger partial charge < -0.3 is 4.74 Å². The number of thiophene rings is 1. The van der Waals surface area contributed by atoms with Crippen LogP contribution in [0.3, 0.4) is 0 Å². The zero-order valence-electron chi connectivity index (χ0n) is 19.2. The van der Waals surface area contributed by atoms with Gasteiger partial charge in [-0.3, -0.25) is 4.90 Å². The van der Waals surface area contributed by atoms with Crippen molar-refractivity contribution < 1.29 is 4.74 Å². The van der Waals surface area contributed by atoms with E-state index in [0.29, 0.717) is 11.6 Å². The van der Waals surface area contributed by atoms with E-state index < -0.39 is 0 Å². The highest BCUT2D eigenvalue weighted by atomic mass is 35.5. The molecule has 4 aromatic rings. The minimum absolute atomic E-state index is 0.417. The van der Waals surface area contributed by atoms with Gasteiger partial charge in [-0.05, 0) is 53.4 Å². The Morgan fingerprint density at radius 2 is 1.80 bits per heavy atom. The summed E-state index contributed by atoms with van der Waals surface area (Å²) in [5, 5.41) is 11.3. The van der Waals surface area contributed by atoms with E-state index in [0.717, 1.165) is 59.1 Å². The number of fused-ring (bicyclic) bond motifs is 1. The third kappa shape index (κ3) is 5.63. The molecule has 4 nitrogen and oxygen atoms in total. The summed E-state index contributed by atoms with van der Waals surface area (Å²) in [5.74, 6) is 0.768. The predicted molar refractivity (Wildman–Crippen MR) is 143 cm³/mol. The molecule has 0 saturated heterocycles. The summed E-state index contributed by atoms with van der Waals surface area (Å²) >= 11 is 7.83. The molecule has 0 aliphatic carbocycles. The first kappa shape index (κ1) is 23.3. The second kappa shape index (κ2) is 10.9. The number of benzene rings is 3. The van der Waals surface area contributed by atoms with Crippen LogP contribution in [0.4, 0.5) is 5.00 Å². The molecule has 35 heavy (non-hydrogen) atoms. The molecule has 0 N–H and O–H groups in total. The first-order chi connectivity index (χ1) is 17.2. The molecule has 0 unspecified atom stereocenters. The van der Waals surface area contributed by atoms with Gasteiger partial charge in [0, 0.05) is 41.3 Å². The van der Waals surface area contributed by atoms with E-state index in [-0.39, 0.29) is 0 Å². The van der Waals surface area contributed by atoms with Crippen LogP contribution in [0.1, 0.15) is 32.7 Å². The minimum atomic E-state index is 0.417. The number of nitriles is 1. The van der Waals surface area contributed by atoms with Crippen LogP contribution in [-0.2, 0) is 26.1 Å². The van der Waals surface area contributed by atoms with Crippen molar-refractivity contribution in [3.05, 3.63) is 117 Å². The van der Waals surface area contributed by atoms with E-state index in [2.05, 4.69) is 35.2 Å². The maximum Gasteiger partial charge on any atom is 0.134 e. The molecule has 1 aliphatic heterocycles. The molecule has 5 rings (SSSR count). The van der Waals surface area contributed by atoms with Crippen molar-refractivity contribution in [3.63, 3.8) is 0 Å². The maximum atomic E-state index is 9.81. The van der Waals surface area contributed by atoms with Crippen LogP contribution >= 0.6 is 22.9 Å². The van der Waals surface area contributed by atoms with Crippen LogP contribution in [0, 0.1) is 11.3 Å². The molecule has 0 amide bonds. The molecule has 6 heteroatoms. The van der Waals surface area contributed by atoms with E-state index in [9.17, 15) is 5.26 Å². The number of ether oxygens (including phenoxy) is 1. The average Bonchev–Trinajstić information content (AvgIpc) is 3.25. The van der Waals surface area contributed by atoms with Crippen molar-refractivity contribution >= 4 is 34.2 Å². The average molecular weight is 498 g/mol. The third-order valence-corrected chi connectivity index (χ3v) is 7.53. The van der Waals surface area contributed by atoms with Crippen molar-refractivity contribution in [2.24, 2.45) is 4.99 Å². The quantitative estimate of drug-likeness (QED) is 0.254. The molecular formula is C29H24ClN3OS. The van der Waals surface area contributed by atoms with E-state index in [1.165, 1.54) is 10.4 Å². The van der Waals surface area contributed by atoms with E-state index in [1.54, 1.807) is 11.3 Å². The zero-order chi connectivity index (χ0) is 24.0. The van der Waals surface area contributed by atoms with Gasteiger partial charge in [-0.1, -0.05) is 60.1 Å². The highest BCUT2D eigenvalue weighted by Crippen LogP contribution is 2.38. The molecular weight excluding hydrogens is 474 g/mol. The summed E-state index contributed by atoms with van der Waals surface area (Å²) < 4.78 is 5.86. The van der Waals surface area contributed by atoms with Crippen molar-refractivity contribution in [1.29, 1.82) is 5.26 Å². The lowest BCUT2D eigenvalue weighted by Gasteiger charge is -2.26. The molecule has 2 heterocycles. The zero-order valence-corrected chi connectivity index (χ0v) is 20.7. The molecule has 0 radical (unpaired) electrons. The molecule has 0 fully saturated rings. The van der Waals surface area contributed by atoms with Crippen LogP contribution in [-0.4, -0.2) is 17.7 Å². The van der Waals surface area contributed by atoms with Crippen molar-refractivity contribution in [2.75, 3.05) is 6.54 Å². The van der Waals surface area contributed by atoms with Gasteiger partial charge in [0.25, 0.3) is 0 Å². The van der Waals surface area contributed by atoms with Crippen molar-refractivity contribution in [1.82, 2.24) is 4.90 Å². The summed E-state index contributed by atoms with van der Waals surface area (Å²) in [5.41, 5.74) is 5.10. The summed E-state index contributed by atoms with van der Waals surface area (Å²) in [7, 11) is 0. The SMILES string of the molecule is N#Cc1c(N=Cc2ccc(OCc3ccccc3Cl)cc2)sc2c1CCN(Cc1ccccc1)C2. The number of rotatable bonds is 7. The lowest BCUT2D eigenvalue weighted by atomic mass is 10.0. The molecule has 0 spiro atoms. The molecule has 1 aliphatic rings. The Morgan fingerprint density at radius 1 is 1.03 bits per heavy atom. The molecule has 0 bridgehead atoms. The van der Waals surface area contributed by atoms with Crippen LogP contribution in [0.5, 0.6) is 5.75 Å². The molecule has 1 aromatic heterocycles. The summed E-state index contributed by atoms with van der Waals surface area (Å²) in [6, 6.07) is 28.4. The molecule has 174 valence electrons. The second-order valence-corrected chi connectivity index (χ2v) is 9.94. The Morgan fingerprint density at radius 3 is 2.57 bits per heavy atom. The number of halogens is 1. The van der Waals surface area contributed by atoms with Crippen LogP contribution in [0.15, 0.2) is 83.9 Å². The number of nitrogens with zero attached hydrogens (tertiary/aromatic N) is 3. The topological polar surface area (TPSA) is 48.6 Å².